The van der Waals surface area contributed by atoms with E-state index in [1.54, 1.807) is 45.0 Å². The van der Waals surface area contributed by atoms with E-state index in [0.717, 1.165) is 21.9 Å². The van der Waals surface area contributed by atoms with Gasteiger partial charge in [-0.3, -0.25) is 34.2 Å². The molecule has 18 nitrogen and oxygen atoms in total. The second kappa shape index (κ2) is 19.3. The van der Waals surface area contributed by atoms with Crippen LogP contribution in [0.1, 0.15) is 82.4 Å². The molecule has 0 aliphatic carbocycles. The fraction of sp³-hybridized carbons (Fsp3) is 0.364. The van der Waals surface area contributed by atoms with E-state index in [4.69, 9.17) is 21.1 Å². The van der Waals surface area contributed by atoms with Gasteiger partial charge in [-0.05, 0) is 93.6 Å². The van der Waals surface area contributed by atoms with Crippen LogP contribution in [0, 0.1) is 0 Å². The van der Waals surface area contributed by atoms with Crippen molar-refractivity contribution in [3.8, 4) is 16.2 Å². The fourth-order valence-electron chi connectivity index (χ4n) is 7.60. The number of imide groups is 2. The minimum atomic E-state index is -3.74. The summed E-state index contributed by atoms with van der Waals surface area (Å²) >= 11 is 7.77. The lowest BCUT2D eigenvalue weighted by Crippen LogP contribution is -2.54. The lowest BCUT2D eigenvalue weighted by Gasteiger charge is -2.32. The number of piperidine rings is 2. The smallest absolute Gasteiger partial charge is 0.352 e. The number of rotatable bonds is 15. The highest BCUT2D eigenvalue weighted by Crippen LogP contribution is 2.46. The van der Waals surface area contributed by atoms with Crippen molar-refractivity contribution in [3.05, 3.63) is 93.3 Å². The third-order valence-electron chi connectivity index (χ3n) is 10.6. The van der Waals surface area contributed by atoms with Crippen molar-refractivity contribution in [3.63, 3.8) is 0 Å². The number of anilines is 3. The summed E-state index contributed by atoms with van der Waals surface area (Å²) in [7, 11) is -3.74. The Hall–Kier alpha value is -5.90. The molecule has 2 fully saturated rings. The van der Waals surface area contributed by atoms with Gasteiger partial charge in [-0.1, -0.05) is 35.9 Å². The van der Waals surface area contributed by atoms with E-state index >= 15 is 0 Å². The van der Waals surface area contributed by atoms with Crippen LogP contribution in [0.5, 0.6) is 5.75 Å². The van der Waals surface area contributed by atoms with Crippen LogP contribution in [-0.2, 0) is 34.9 Å². The van der Waals surface area contributed by atoms with E-state index in [0.29, 0.717) is 40.2 Å². The number of carbonyl (C=O) groups excluding carboxylic acids is 6. The standard InChI is InChI=1S/C44H47ClN6O12S2/c1-44(2,3)63-43(59)39-37(62-22-35(54)55)36(45)38(64-39)25-7-5-9-29(19-25)47-26-14-16-50(17-15-26)65(60,61)23-24-6-4-8-28(18-24)48-34(53)21-46-27-10-11-30-31(20-27)42(58)51(41(30)57)32-12-13-33(52)49-40(32)56/h4-11,18-20,26,32,35,46-47,54-55H,12-17,21-23H2,1-3H3,(H,48,53)(H,49,52,56). The highest BCUT2D eigenvalue weighted by Gasteiger charge is 2.44. The van der Waals surface area contributed by atoms with Crippen LogP contribution in [-0.4, -0.2) is 114 Å². The van der Waals surface area contributed by atoms with E-state index in [1.165, 1.54) is 22.5 Å². The number of aliphatic hydroxyl groups is 2. The van der Waals surface area contributed by atoms with Crippen LogP contribution >= 0.6 is 22.9 Å². The molecule has 0 radical (unpaired) electrons. The SMILES string of the molecule is CC(C)(C)OC(=O)c1sc(-c2cccc(NC3CCN(S(=O)(=O)Cc4cccc(NC(=O)CNc5ccc6c(c5)C(=O)N(C5CCC(=O)NC5=O)C6=O)c4)CC3)c2)c(Cl)c1OCC(O)O. The maximum Gasteiger partial charge on any atom is 0.352 e. The maximum absolute atomic E-state index is 13.6. The van der Waals surface area contributed by atoms with Gasteiger partial charge in [0, 0.05) is 42.6 Å². The van der Waals surface area contributed by atoms with Gasteiger partial charge in [0.1, 0.15) is 23.3 Å². The summed E-state index contributed by atoms with van der Waals surface area (Å²) in [6.45, 7) is 4.97. The number of carbonyl (C=O) groups is 6. The van der Waals surface area contributed by atoms with Gasteiger partial charge in [-0.25, -0.2) is 17.5 Å². The molecule has 3 aliphatic heterocycles. The number of halogens is 1. The minimum absolute atomic E-state index is 0.000315. The van der Waals surface area contributed by atoms with Gasteiger partial charge in [-0.15, -0.1) is 11.3 Å². The number of fused-ring (bicyclic) bond motifs is 1. The molecule has 1 atom stereocenters. The molecule has 0 bridgehead atoms. The molecule has 21 heteroatoms. The van der Waals surface area contributed by atoms with E-state index in [-0.39, 0.29) is 71.0 Å². The van der Waals surface area contributed by atoms with Crippen LogP contribution < -0.4 is 26.0 Å². The topological polar surface area (TPSA) is 250 Å². The Morgan fingerprint density at radius 2 is 1.63 bits per heavy atom. The van der Waals surface area contributed by atoms with Crippen molar-refractivity contribution in [1.82, 2.24) is 14.5 Å². The van der Waals surface area contributed by atoms with Gasteiger partial charge in [0.2, 0.25) is 27.7 Å². The predicted octanol–water partition coefficient (Wildman–Crippen LogP) is 4.57. The first-order chi connectivity index (χ1) is 30.8. The summed E-state index contributed by atoms with van der Waals surface area (Å²) in [4.78, 5) is 77.6. The van der Waals surface area contributed by atoms with E-state index < -0.39 is 70.1 Å². The molecular formula is C44H47ClN6O12S2. The molecule has 4 aromatic rings. The second-order valence-electron chi connectivity index (χ2n) is 16.7. The van der Waals surface area contributed by atoms with Gasteiger partial charge < -0.3 is 35.6 Å². The molecule has 5 amide bonds. The minimum Gasteiger partial charge on any atom is -0.485 e. The first-order valence-electron chi connectivity index (χ1n) is 20.6. The largest absolute Gasteiger partial charge is 0.485 e. The Bertz CT molecular complexity index is 2660. The number of sulfonamides is 1. The van der Waals surface area contributed by atoms with Crippen LogP contribution in [0.2, 0.25) is 5.02 Å². The summed E-state index contributed by atoms with van der Waals surface area (Å²) in [5.74, 6) is -3.93. The number of hydrogen-bond donors (Lipinski definition) is 6. The molecule has 2 saturated heterocycles. The molecule has 0 saturated carbocycles. The predicted molar refractivity (Wildman–Crippen MR) is 241 cm³/mol. The summed E-state index contributed by atoms with van der Waals surface area (Å²) in [5.41, 5.74) is 2.00. The van der Waals surface area contributed by atoms with Gasteiger partial charge >= 0.3 is 5.97 Å². The van der Waals surface area contributed by atoms with Crippen LogP contribution in [0.15, 0.2) is 66.7 Å². The van der Waals surface area contributed by atoms with Gasteiger partial charge in [0.15, 0.2) is 16.9 Å². The molecule has 3 aliphatic rings. The summed E-state index contributed by atoms with van der Waals surface area (Å²) in [6.07, 6.45) is -0.730. The number of aliphatic hydroxyl groups excluding tert-OH is 1. The van der Waals surface area contributed by atoms with E-state index in [9.17, 15) is 47.4 Å². The van der Waals surface area contributed by atoms with Gasteiger partial charge in [0.25, 0.3) is 11.8 Å². The summed E-state index contributed by atoms with van der Waals surface area (Å²) in [5, 5.41) is 30.2. The Kier molecular flexibility index (Phi) is 14.0. The van der Waals surface area contributed by atoms with E-state index in [2.05, 4.69) is 21.3 Å². The second-order valence-corrected chi connectivity index (χ2v) is 20.0. The molecule has 1 unspecified atom stereocenters. The van der Waals surface area contributed by atoms with Crippen molar-refractivity contribution in [2.75, 3.05) is 42.2 Å². The molecule has 0 spiro atoms. The molecule has 6 N–H and O–H groups in total. The van der Waals surface area contributed by atoms with E-state index in [1.807, 2.05) is 24.3 Å². The monoisotopic (exact) mass is 950 g/mol. The number of benzene rings is 3. The third kappa shape index (κ3) is 11.1. The normalized spacial score (nSPS) is 17.2. The van der Waals surface area contributed by atoms with Crippen LogP contribution in [0.3, 0.4) is 0 Å². The highest BCUT2D eigenvalue weighted by atomic mass is 35.5. The van der Waals surface area contributed by atoms with Crippen molar-refractivity contribution in [2.45, 2.75) is 76.2 Å². The quantitative estimate of drug-likeness (QED) is 0.0543. The zero-order chi connectivity index (χ0) is 46.8. The average Bonchev–Trinajstić information content (AvgIpc) is 3.70. The van der Waals surface area contributed by atoms with Crippen molar-refractivity contribution < 1.29 is 56.9 Å². The first-order valence-corrected chi connectivity index (χ1v) is 23.4. The molecule has 7 rings (SSSR count). The third-order valence-corrected chi connectivity index (χ3v) is 14.1. The Labute approximate surface area is 383 Å². The molecule has 344 valence electrons. The Balaban J connectivity index is 0.912. The number of nitrogens with zero attached hydrogens (tertiary/aromatic N) is 2. The summed E-state index contributed by atoms with van der Waals surface area (Å²) < 4.78 is 39.7. The average molecular weight is 951 g/mol. The number of amides is 5. The molecule has 3 aromatic carbocycles. The number of hydrogen-bond acceptors (Lipinski definition) is 15. The molecular weight excluding hydrogens is 904 g/mol. The molecule has 1 aromatic heterocycles. The zero-order valence-corrected chi connectivity index (χ0v) is 37.9. The Morgan fingerprint density at radius 3 is 2.34 bits per heavy atom. The number of thiophene rings is 1. The number of nitrogens with one attached hydrogen (secondary N) is 4. The molecule has 4 heterocycles. The fourth-order valence-corrected chi connectivity index (χ4v) is 10.6. The lowest BCUT2D eigenvalue weighted by atomic mass is 10.0. The lowest BCUT2D eigenvalue weighted by molar-refractivity contribution is -0.136. The maximum atomic E-state index is 13.6. The van der Waals surface area contributed by atoms with Crippen molar-refractivity contribution in [2.24, 2.45) is 0 Å². The van der Waals surface area contributed by atoms with Crippen molar-refractivity contribution in [1.29, 1.82) is 0 Å². The molecule has 65 heavy (non-hydrogen) atoms. The summed E-state index contributed by atoms with van der Waals surface area (Å²) in [6, 6.07) is 17.1. The highest BCUT2D eigenvalue weighted by molar-refractivity contribution is 7.88. The van der Waals surface area contributed by atoms with Crippen LogP contribution in [0.25, 0.3) is 10.4 Å². The zero-order valence-electron chi connectivity index (χ0n) is 35.5. The Morgan fingerprint density at radius 1 is 0.923 bits per heavy atom. The van der Waals surface area contributed by atoms with Crippen molar-refractivity contribution >= 4 is 85.5 Å². The van der Waals surface area contributed by atoms with Crippen LogP contribution in [0.4, 0.5) is 17.1 Å². The first kappa shape index (κ1) is 47.1. The number of ether oxygens (including phenoxy) is 2. The van der Waals surface area contributed by atoms with Gasteiger partial charge in [-0.2, -0.15) is 0 Å². The van der Waals surface area contributed by atoms with Gasteiger partial charge in [0.05, 0.1) is 28.3 Å². The number of esters is 1.